The van der Waals surface area contributed by atoms with Crippen LogP contribution in [0.5, 0.6) is 0 Å². The minimum absolute atomic E-state index is 0.0766. The molecule has 4 nitrogen and oxygen atoms in total. The fourth-order valence-corrected chi connectivity index (χ4v) is 2.37. The number of hydrogen-bond acceptors (Lipinski definition) is 3. The fraction of sp³-hybridized carbons (Fsp3) is 0.529. The summed E-state index contributed by atoms with van der Waals surface area (Å²) in [7, 11) is 0. The number of esters is 1. The van der Waals surface area contributed by atoms with E-state index in [4.69, 9.17) is 4.74 Å². The van der Waals surface area contributed by atoms with Gasteiger partial charge in [0, 0.05) is 12.1 Å². The summed E-state index contributed by atoms with van der Waals surface area (Å²) in [5.41, 5.74) is 0.881. The standard InChI is InChI=1S/C17H25NO3/c1-12(2)18(13(3)4)17(20)14(5)21-16(19)11-15-9-7-6-8-10-15/h6-10,12-14H,11H2,1-5H3. The molecule has 21 heavy (non-hydrogen) atoms. The third-order valence-electron chi connectivity index (χ3n) is 3.21. The lowest BCUT2D eigenvalue weighted by atomic mass is 10.1. The Morgan fingerprint density at radius 2 is 1.52 bits per heavy atom. The Bertz CT molecular complexity index is 460. The average Bonchev–Trinajstić information content (AvgIpc) is 2.38. The summed E-state index contributed by atoms with van der Waals surface area (Å²) in [5.74, 6) is -0.532. The van der Waals surface area contributed by atoms with E-state index >= 15 is 0 Å². The van der Waals surface area contributed by atoms with Crippen LogP contribution in [0.2, 0.25) is 0 Å². The van der Waals surface area contributed by atoms with Crippen LogP contribution in [0.25, 0.3) is 0 Å². The molecule has 0 fully saturated rings. The van der Waals surface area contributed by atoms with E-state index in [1.165, 1.54) is 0 Å². The van der Waals surface area contributed by atoms with Gasteiger partial charge in [-0.2, -0.15) is 0 Å². The van der Waals surface area contributed by atoms with Gasteiger partial charge in [0.1, 0.15) is 0 Å². The molecule has 116 valence electrons. The average molecular weight is 291 g/mol. The Hall–Kier alpha value is -1.84. The number of carbonyl (C=O) groups excluding carboxylic acids is 2. The predicted octanol–water partition coefficient (Wildman–Crippen LogP) is 2.81. The molecule has 0 radical (unpaired) electrons. The van der Waals surface area contributed by atoms with Crippen molar-refractivity contribution in [1.82, 2.24) is 4.90 Å². The molecule has 1 aromatic carbocycles. The fourth-order valence-electron chi connectivity index (χ4n) is 2.37. The van der Waals surface area contributed by atoms with E-state index < -0.39 is 6.10 Å². The topological polar surface area (TPSA) is 46.6 Å². The van der Waals surface area contributed by atoms with Gasteiger partial charge in [-0.1, -0.05) is 30.3 Å². The summed E-state index contributed by atoms with van der Waals surface area (Å²) in [6.07, 6.45) is -0.576. The largest absolute Gasteiger partial charge is 0.452 e. The van der Waals surface area contributed by atoms with Crippen molar-refractivity contribution in [2.75, 3.05) is 0 Å². The molecule has 0 aromatic heterocycles. The van der Waals surface area contributed by atoms with E-state index in [1.54, 1.807) is 11.8 Å². The van der Waals surface area contributed by atoms with Crippen LogP contribution in [0.1, 0.15) is 40.2 Å². The highest BCUT2D eigenvalue weighted by Gasteiger charge is 2.27. The third kappa shape index (κ3) is 5.21. The number of hydrogen-bond donors (Lipinski definition) is 0. The molecule has 0 N–H and O–H groups in total. The Morgan fingerprint density at radius 1 is 1.00 bits per heavy atom. The molecule has 1 rings (SSSR count). The maximum atomic E-state index is 12.4. The first-order valence-electron chi connectivity index (χ1n) is 7.38. The molecular formula is C17H25NO3. The van der Waals surface area contributed by atoms with Crippen LogP contribution in [0.4, 0.5) is 0 Å². The molecule has 0 saturated carbocycles. The lowest BCUT2D eigenvalue weighted by Gasteiger charge is -2.32. The van der Waals surface area contributed by atoms with E-state index in [2.05, 4.69) is 0 Å². The third-order valence-corrected chi connectivity index (χ3v) is 3.21. The van der Waals surface area contributed by atoms with Crippen LogP contribution < -0.4 is 0 Å². The van der Waals surface area contributed by atoms with E-state index in [0.717, 1.165) is 5.56 Å². The van der Waals surface area contributed by atoms with Crippen LogP contribution in [-0.4, -0.2) is 35.0 Å². The maximum absolute atomic E-state index is 12.4. The quantitative estimate of drug-likeness (QED) is 0.757. The molecule has 0 heterocycles. The van der Waals surface area contributed by atoms with Gasteiger partial charge in [-0.25, -0.2) is 0 Å². The summed E-state index contributed by atoms with van der Waals surface area (Å²) in [4.78, 5) is 26.0. The molecule has 1 unspecified atom stereocenters. The second-order valence-corrected chi connectivity index (χ2v) is 5.73. The molecule has 0 spiro atoms. The molecule has 0 saturated heterocycles. The van der Waals surface area contributed by atoms with Crippen molar-refractivity contribution in [3.05, 3.63) is 35.9 Å². The lowest BCUT2D eigenvalue weighted by molar-refractivity contribution is -0.160. The van der Waals surface area contributed by atoms with E-state index in [1.807, 2.05) is 58.0 Å². The number of ether oxygens (including phenoxy) is 1. The highest BCUT2D eigenvalue weighted by Crippen LogP contribution is 2.10. The first-order chi connectivity index (χ1) is 9.82. The number of rotatable bonds is 6. The van der Waals surface area contributed by atoms with Gasteiger partial charge < -0.3 is 9.64 Å². The van der Waals surface area contributed by atoms with E-state index in [0.29, 0.717) is 0 Å². The van der Waals surface area contributed by atoms with Crippen molar-refractivity contribution >= 4 is 11.9 Å². The van der Waals surface area contributed by atoms with Crippen LogP contribution in [0.3, 0.4) is 0 Å². The van der Waals surface area contributed by atoms with Crippen molar-refractivity contribution in [1.29, 1.82) is 0 Å². The van der Waals surface area contributed by atoms with Crippen molar-refractivity contribution in [2.45, 2.75) is 59.2 Å². The van der Waals surface area contributed by atoms with Gasteiger partial charge >= 0.3 is 5.97 Å². The predicted molar refractivity (Wildman–Crippen MR) is 82.8 cm³/mol. The minimum Gasteiger partial charge on any atom is -0.452 e. The van der Waals surface area contributed by atoms with E-state index in [9.17, 15) is 9.59 Å². The number of carbonyl (C=O) groups is 2. The summed E-state index contributed by atoms with van der Waals surface area (Å²) < 4.78 is 5.27. The van der Waals surface area contributed by atoms with Gasteiger partial charge in [0.15, 0.2) is 6.10 Å². The molecule has 1 atom stereocenters. The molecule has 0 aliphatic carbocycles. The number of benzene rings is 1. The highest BCUT2D eigenvalue weighted by molar-refractivity contribution is 5.84. The van der Waals surface area contributed by atoms with Crippen LogP contribution in [0.15, 0.2) is 30.3 Å². The molecule has 0 aliphatic heterocycles. The Kier molecular flexibility index (Phi) is 6.40. The smallest absolute Gasteiger partial charge is 0.311 e. The molecule has 1 aromatic rings. The molecule has 4 heteroatoms. The van der Waals surface area contributed by atoms with Crippen molar-refractivity contribution in [3.8, 4) is 0 Å². The van der Waals surface area contributed by atoms with Crippen LogP contribution in [0, 0.1) is 0 Å². The van der Waals surface area contributed by atoms with Gasteiger partial charge in [0.25, 0.3) is 5.91 Å². The zero-order chi connectivity index (χ0) is 16.0. The Labute approximate surface area is 127 Å². The van der Waals surface area contributed by atoms with Crippen molar-refractivity contribution in [2.24, 2.45) is 0 Å². The summed E-state index contributed by atoms with van der Waals surface area (Å²) in [5, 5.41) is 0. The van der Waals surface area contributed by atoms with Gasteiger partial charge in [-0.05, 0) is 40.2 Å². The van der Waals surface area contributed by atoms with Gasteiger partial charge in [-0.15, -0.1) is 0 Å². The molecule has 0 bridgehead atoms. The van der Waals surface area contributed by atoms with Gasteiger partial charge in [0.05, 0.1) is 6.42 Å². The minimum atomic E-state index is -0.758. The first-order valence-corrected chi connectivity index (χ1v) is 7.38. The SMILES string of the molecule is CC(OC(=O)Cc1ccccc1)C(=O)N(C(C)C)C(C)C. The molecular weight excluding hydrogens is 266 g/mol. The first kappa shape index (κ1) is 17.2. The van der Waals surface area contributed by atoms with Crippen LogP contribution in [-0.2, 0) is 20.7 Å². The maximum Gasteiger partial charge on any atom is 0.311 e. The monoisotopic (exact) mass is 291 g/mol. The molecule has 1 amide bonds. The van der Waals surface area contributed by atoms with Gasteiger partial charge in [0.2, 0.25) is 0 Å². The summed E-state index contributed by atoms with van der Waals surface area (Å²) in [6, 6.07) is 9.52. The summed E-state index contributed by atoms with van der Waals surface area (Å²) >= 11 is 0. The van der Waals surface area contributed by atoms with Crippen molar-refractivity contribution in [3.63, 3.8) is 0 Å². The van der Waals surface area contributed by atoms with E-state index in [-0.39, 0.29) is 30.4 Å². The normalized spacial score (nSPS) is 12.3. The number of nitrogens with zero attached hydrogens (tertiary/aromatic N) is 1. The Morgan fingerprint density at radius 3 is 2.00 bits per heavy atom. The second-order valence-electron chi connectivity index (χ2n) is 5.73. The summed E-state index contributed by atoms with van der Waals surface area (Å²) in [6.45, 7) is 9.45. The highest BCUT2D eigenvalue weighted by atomic mass is 16.5. The second kappa shape index (κ2) is 7.81. The Balaban J connectivity index is 2.61. The number of amides is 1. The molecule has 0 aliphatic rings. The van der Waals surface area contributed by atoms with Crippen molar-refractivity contribution < 1.29 is 14.3 Å². The zero-order valence-corrected chi connectivity index (χ0v) is 13.5. The zero-order valence-electron chi connectivity index (χ0n) is 13.5. The van der Waals surface area contributed by atoms with Crippen LogP contribution >= 0.6 is 0 Å². The lowest BCUT2D eigenvalue weighted by Crippen LogP contribution is -2.47. The van der Waals surface area contributed by atoms with Gasteiger partial charge in [-0.3, -0.25) is 9.59 Å².